The highest BCUT2D eigenvalue weighted by Crippen LogP contribution is 2.37. The molecule has 0 radical (unpaired) electrons. The smallest absolute Gasteiger partial charge is 0.247 e. The molecule has 0 aromatic heterocycles. The van der Waals surface area contributed by atoms with Crippen molar-refractivity contribution in [2.75, 3.05) is 32.8 Å². The number of aryl methyl sites for hydroxylation is 2. The van der Waals surface area contributed by atoms with E-state index in [9.17, 15) is 16.8 Å². The summed E-state index contributed by atoms with van der Waals surface area (Å²) < 4.78 is 70.0. The van der Waals surface area contributed by atoms with Crippen molar-refractivity contribution in [3.8, 4) is 11.5 Å². The van der Waals surface area contributed by atoms with Crippen LogP contribution in [0.5, 0.6) is 11.5 Å². The molecule has 0 saturated carbocycles. The maximum absolute atomic E-state index is 14.0. The SMILES string of the molecule is CCOc1cc(C)c(C(C)C)cc1S(=O)(=O)N1CCN(S(=O)(=O)c2cc(C(C)C)c(C)cc2OCC)C(C)C1. The maximum Gasteiger partial charge on any atom is 0.247 e. The van der Waals surface area contributed by atoms with Gasteiger partial charge in [-0.05, 0) is 93.0 Å². The van der Waals surface area contributed by atoms with Crippen molar-refractivity contribution < 1.29 is 26.3 Å². The predicted molar refractivity (Wildman–Crippen MR) is 155 cm³/mol. The second-order valence-electron chi connectivity index (χ2n) is 10.8. The van der Waals surface area contributed by atoms with Gasteiger partial charge in [-0.25, -0.2) is 16.8 Å². The Morgan fingerprint density at radius 1 is 0.769 bits per heavy atom. The number of nitrogens with zero attached hydrogens (tertiary/aromatic N) is 2. The molecule has 0 amide bonds. The Bertz CT molecular complexity index is 1400. The van der Waals surface area contributed by atoms with Crippen molar-refractivity contribution in [1.82, 2.24) is 8.61 Å². The van der Waals surface area contributed by atoms with Crippen molar-refractivity contribution in [2.24, 2.45) is 0 Å². The van der Waals surface area contributed by atoms with Gasteiger partial charge in [-0.2, -0.15) is 8.61 Å². The van der Waals surface area contributed by atoms with E-state index in [1.165, 1.54) is 8.61 Å². The molecule has 1 fully saturated rings. The van der Waals surface area contributed by atoms with Gasteiger partial charge in [-0.3, -0.25) is 0 Å². The Labute approximate surface area is 235 Å². The van der Waals surface area contributed by atoms with E-state index in [4.69, 9.17) is 9.47 Å². The molecule has 0 spiro atoms. The van der Waals surface area contributed by atoms with Crippen LogP contribution in [0.3, 0.4) is 0 Å². The molecule has 0 N–H and O–H groups in total. The number of hydrogen-bond donors (Lipinski definition) is 0. The summed E-state index contributed by atoms with van der Waals surface area (Å²) in [4.78, 5) is 0.251. The maximum atomic E-state index is 14.0. The first-order valence-electron chi connectivity index (χ1n) is 13.7. The van der Waals surface area contributed by atoms with E-state index in [1.54, 1.807) is 31.2 Å². The molecule has 2 aromatic carbocycles. The normalized spacial score (nSPS) is 17.7. The molecule has 1 heterocycles. The lowest BCUT2D eigenvalue weighted by Gasteiger charge is -2.38. The van der Waals surface area contributed by atoms with E-state index < -0.39 is 26.1 Å². The Kier molecular flexibility index (Phi) is 9.79. The second-order valence-corrected chi connectivity index (χ2v) is 14.6. The van der Waals surface area contributed by atoms with Gasteiger partial charge in [-0.15, -0.1) is 0 Å². The zero-order valence-corrected chi connectivity index (χ0v) is 26.4. The number of ether oxygens (including phenoxy) is 2. The quantitative estimate of drug-likeness (QED) is 0.372. The van der Waals surface area contributed by atoms with Gasteiger partial charge in [-0.1, -0.05) is 27.7 Å². The standard InChI is InChI=1S/C29H44N2O6S2/c1-10-36-26-14-21(7)24(19(3)4)16-28(26)38(32,33)30-12-13-31(23(9)18-30)39(34,35)29-17-25(20(5)6)22(8)15-27(29)37-11-2/h14-17,19-20,23H,10-13,18H2,1-9H3. The summed E-state index contributed by atoms with van der Waals surface area (Å²) in [5, 5.41) is 0. The second kappa shape index (κ2) is 12.2. The fourth-order valence-electron chi connectivity index (χ4n) is 5.29. The lowest BCUT2D eigenvalue weighted by atomic mass is 9.98. The van der Waals surface area contributed by atoms with Crippen LogP contribution < -0.4 is 9.47 Å². The molecule has 1 unspecified atom stereocenters. The van der Waals surface area contributed by atoms with Crippen LogP contribution in [0.1, 0.15) is 82.6 Å². The van der Waals surface area contributed by atoms with Gasteiger partial charge in [0.2, 0.25) is 20.0 Å². The third-order valence-corrected chi connectivity index (χ3v) is 11.2. The molecule has 3 rings (SSSR count). The van der Waals surface area contributed by atoms with E-state index in [0.29, 0.717) is 24.7 Å². The lowest BCUT2D eigenvalue weighted by Crippen LogP contribution is -2.55. The first-order chi connectivity index (χ1) is 18.2. The van der Waals surface area contributed by atoms with Gasteiger partial charge in [0, 0.05) is 25.7 Å². The highest BCUT2D eigenvalue weighted by atomic mass is 32.2. The average Bonchev–Trinajstić information content (AvgIpc) is 2.83. The van der Waals surface area contributed by atoms with Crippen molar-refractivity contribution in [1.29, 1.82) is 0 Å². The van der Waals surface area contributed by atoms with Gasteiger partial charge in [0.15, 0.2) is 0 Å². The lowest BCUT2D eigenvalue weighted by molar-refractivity contribution is 0.211. The highest BCUT2D eigenvalue weighted by Gasteiger charge is 2.40. The van der Waals surface area contributed by atoms with Crippen molar-refractivity contribution in [2.45, 2.75) is 90.0 Å². The fraction of sp³-hybridized carbons (Fsp3) is 0.586. The molecule has 2 aromatic rings. The first-order valence-corrected chi connectivity index (χ1v) is 16.6. The highest BCUT2D eigenvalue weighted by molar-refractivity contribution is 7.89. The number of hydrogen-bond acceptors (Lipinski definition) is 6. The van der Waals surface area contributed by atoms with Crippen LogP contribution in [0.2, 0.25) is 0 Å². The van der Waals surface area contributed by atoms with E-state index in [1.807, 2.05) is 55.4 Å². The number of rotatable bonds is 10. The number of piperazine rings is 1. The van der Waals surface area contributed by atoms with Gasteiger partial charge in [0.05, 0.1) is 13.2 Å². The summed E-state index contributed by atoms with van der Waals surface area (Å²) in [6.07, 6.45) is 0. The van der Waals surface area contributed by atoms with Crippen molar-refractivity contribution in [3.05, 3.63) is 46.5 Å². The number of benzene rings is 2. The third kappa shape index (κ3) is 6.29. The zero-order valence-electron chi connectivity index (χ0n) is 24.7. The van der Waals surface area contributed by atoms with Gasteiger partial charge >= 0.3 is 0 Å². The minimum Gasteiger partial charge on any atom is -0.492 e. The molecule has 8 nitrogen and oxygen atoms in total. The summed E-state index contributed by atoms with van der Waals surface area (Å²) in [7, 11) is -7.88. The Morgan fingerprint density at radius 2 is 1.21 bits per heavy atom. The Hall–Kier alpha value is -2.14. The molecular formula is C29H44N2O6S2. The summed E-state index contributed by atoms with van der Waals surface area (Å²) in [5.74, 6) is 0.923. The summed E-state index contributed by atoms with van der Waals surface area (Å²) >= 11 is 0. The minimum absolute atomic E-state index is 0.0326. The van der Waals surface area contributed by atoms with Crippen LogP contribution in [0.15, 0.2) is 34.1 Å². The van der Waals surface area contributed by atoms with Crippen LogP contribution in [0.4, 0.5) is 0 Å². The molecule has 218 valence electrons. The van der Waals surface area contributed by atoms with Crippen LogP contribution in [-0.4, -0.2) is 64.3 Å². The van der Waals surface area contributed by atoms with Crippen LogP contribution in [0.25, 0.3) is 0 Å². The minimum atomic E-state index is -3.95. The van der Waals surface area contributed by atoms with E-state index in [0.717, 1.165) is 22.3 Å². The fourth-order valence-corrected chi connectivity index (χ4v) is 8.71. The largest absolute Gasteiger partial charge is 0.492 e. The molecule has 10 heteroatoms. The molecule has 1 atom stereocenters. The first kappa shape index (κ1) is 31.4. The van der Waals surface area contributed by atoms with Gasteiger partial charge in [0.25, 0.3) is 0 Å². The monoisotopic (exact) mass is 580 g/mol. The van der Waals surface area contributed by atoms with Crippen LogP contribution >= 0.6 is 0 Å². The third-order valence-electron chi connectivity index (χ3n) is 7.24. The van der Waals surface area contributed by atoms with Crippen molar-refractivity contribution in [3.63, 3.8) is 0 Å². The topological polar surface area (TPSA) is 93.2 Å². The predicted octanol–water partition coefficient (Wildman–Crippen LogP) is 5.43. The molecule has 39 heavy (non-hydrogen) atoms. The zero-order chi connectivity index (χ0) is 29.3. The molecule has 0 bridgehead atoms. The molecule has 1 aliphatic heterocycles. The Morgan fingerprint density at radius 3 is 1.59 bits per heavy atom. The molecule has 1 aliphatic rings. The van der Waals surface area contributed by atoms with Crippen LogP contribution in [0, 0.1) is 13.8 Å². The Balaban J connectivity index is 1.98. The van der Waals surface area contributed by atoms with Gasteiger partial charge in [0.1, 0.15) is 21.3 Å². The summed E-state index contributed by atoms with van der Waals surface area (Å²) in [5.41, 5.74) is 3.82. The average molecular weight is 581 g/mol. The summed E-state index contributed by atoms with van der Waals surface area (Å²) in [6.45, 7) is 18.2. The summed E-state index contributed by atoms with van der Waals surface area (Å²) in [6, 6.07) is 6.42. The molecule has 0 aliphatic carbocycles. The van der Waals surface area contributed by atoms with E-state index in [2.05, 4.69) is 0 Å². The van der Waals surface area contributed by atoms with Gasteiger partial charge < -0.3 is 9.47 Å². The number of sulfonamides is 2. The molecule has 1 saturated heterocycles. The van der Waals surface area contributed by atoms with Crippen molar-refractivity contribution >= 4 is 20.0 Å². The van der Waals surface area contributed by atoms with Crippen LogP contribution in [-0.2, 0) is 20.0 Å². The van der Waals surface area contributed by atoms with E-state index >= 15 is 0 Å². The van der Waals surface area contributed by atoms with E-state index in [-0.39, 0.29) is 41.3 Å². The molecular weight excluding hydrogens is 536 g/mol.